The molecule has 0 atom stereocenters. The van der Waals surface area contributed by atoms with Gasteiger partial charge in [-0.2, -0.15) is 8.78 Å². The standard InChI is InChI=1S/C23H19F3N2O4S/c1-33(30,31)16-8-6-14(7-9-16)17-12-28-20(19(13-29)27-22(28)11-18(17)24)10-15-4-2-3-5-21(15)32-23(25)26/h2-9,11-12,23,29H,10,13H2,1H3. The smallest absolute Gasteiger partial charge is 0.387 e. The predicted octanol–water partition coefficient (Wildman–Crippen LogP) is 4.23. The first-order valence-electron chi connectivity index (χ1n) is 9.81. The fourth-order valence-electron chi connectivity index (χ4n) is 3.61. The lowest BCUT2D eigenvalue weighted by atomic mass is 10.1. The van der Waals surface area contributed by atoms with Crippen LogP contribution in [0.25, 0.3) is 16.8 Å². The minimum absolute atomic E-state index is 0.00922. The molecule has 0 aliphatic heterocycles. The first-order valence-corrected chi connectivity index (χ1v) is 11.7. The van der Waals surface area contributed by atoms with Gasteiger partial charge in [-0.1, -0.05) is 30.3 Å². The number of fused-ring (bicyclic) bond motifs is 1. The molecule has 10 heteroatoms. The molecular weight excluding hydrogens is 457 g/mol. The van der Waals surface area contributed by atoms with Gasteiger partial charge in [0.25, 0.3) is 0 Å². The molecule has 0 spiro atoms. The summed E-state index contributed by atoms with van der Waals surface area (Å²) in [5.74, 6) is -0.595. The van der Waals surface area contributed by atoms with Crippen molar-refractivity contribution in [3.05, 3.63) is 83.6 Å². The molecule has 172 valence electrons. The molecule has 1 N–H and O–H groups in total. The van der Waals surface area contributed by atoms with Gasteiger partial charge in [-0.25, -0.2) is 17.8 Å². The Labute approximate surface area is 187 Å². The number of hydrogen-bond donors (Lipinski definition) is 1. The predicted molar refractivity (Wildman–Crippen MR) is 115 cm³/mol. The molecule has 6 nitrogen and oxygen atoms in total. The summed E-state index contributed by atoms with van der Waals surface area (Å²) in [5, 5.41) is 9.80. The van der Waals surface area contributed by atoms with Gasteiger partial charge in [0.2, 0.25) is 0 Å². The van der Waals surface area contributed by atoms with Crippen molar-refractivity contribution in [1.29, 1.82) is 0 Å². The number of imidazole rings is 1. The van der Waals surface area contributed by atoms with E-state index < -0.39 is 28.9 Å². The van der Waals surface area contributed by atoms with Gasteiger partial charge in [0, 0.05) is 36.1 Å². The number of alkyl halides is 2. The topological polar surface area (TPSA) is 80.9 Å². The first kappa shape index (κ1) is 22.8. The van der Waals surface area contributed by atoms with Gasteiger partial charge in [-0.15, -0.1) is 0 Å². The summed E-state index contributed by atoms with van der Waals surface area (Å²) in [5.41, 5.74) is 2.04. The van der Waals surface area contributed by atoms with Crippen molar-refractivity contribution in [1.82, 2.24) is 9.38 Å². The molecule has 2 aromatic carbocycles. The Morgan fingerprint density at radius 3 is 2.45 bits per heavy atom. The zero-order valence-electron chi connectivity index (χ0n) is 17.4. The van der Waals surface area contributed by atoms with E-state index in [-0.39, 0.29) is 34.0 Å². The molecule has 33 heavy (non-hydrogen) atoms. The van der Waals surface area contributed by atoms with E-state index in [9.17, 15) is 26.7 Å². The van der Waals surface area contributed by atoms with Crippen LogP contribution in [0.2, 0.25) is 0 Å². The number of para-hydroxylation sites is 1. The number of aromatic nitrogens is 2. The van der Waals surface area contributed by atoms with Gasteiger partial charge in [-0.3, -0.25) is 0 Å². The van der Waals surface area contributed by atoms with Gasteiger partial charge in [-0.05, 0) is 23.8 Å². The van der Waals surface area contributed by atoms with Crippen molar-refractivity contribution in [2.45, 2.75) is 24.5 Å². The van der Waals surface area contributed by atoms with E-state index in [1.807, 2.05) is 0 Å². The lowest BCUT2D eigenvalue weighted by Gasteiger charge is -2.12. The average molecular weight is 476 g/mol. The van der Waals surface area contributed by atoms with Crippen LogP contribution in [0.15, 0.2) is 65.7 Å². The van der Waals surface area contributed by atoms with Gasteiger partial charge >= 0.3 is 6.61 Å². The van der Waals surface area contributed by atoms with Crippen LogP contribution in [0.1, 0.15) is 17.0 Å². The maximum Gasteiger partial charge on any atom is 0.387 e. The third-order valence-electron chi connectivity index (χ3n) is 5.18. The highest BCUT2D eigenvalue weighted by Crippen LogP contribution is 2.29. The number of benzene rings is 2. The van der Waals surface area contributed by atoms with Crippen molar-refractivity contribution in [2.75, 3.05) is 6.26 Å². The van der Waals surface area contributed by atoms with Crippen molar-refractivity contribution < 1.29 is 31.4 Å². The Kier molecular flexibility index (Phi) is 6.13. The van der Waals surface area contributed by atoms with E-state index in [1.54, 1.807) is 22.6 Å². The highest BCUT2D eigenvalue weighted by Gasteiger charge is 2.18. The summed E-state index contributed by atoms with van der Waals surface area (Å²) >= 11 is 0. The third-order valence-corrected chi connectivity index (χ3v) is 6.31. The minimum atomic E-state index is -3.40. The van der Waals surface area contributed by atoms with Crippen LogP contribution in [0.3, 0.4) is 0 Å². The fourth-order valence-corrected chi connectivity index (χ4v) is 4.24. The summed E-state index contributed by atoms with van der Waals surface area (Å²) in [4.78, 5) is 4.37. The Bertz CT molecular complexity index is 1420. The zero-order valence-corrected chi connectivity index (χ0v) is 18.2. The minimum Gasteiger partial charge on any atom is -0.435 e. The molecular formula is C23H19F3N2O4S. The van der Waals surface area contributed by atoms with Crippen molar-refractivity contribution >= 4 is 15.5 Å². The third kappa shape index (κ3) is 4.71. The molecule has 0 aliphatic carbocycles. The lowest BCUT2D eigenvalue weighted by Crippen LogP contribution is -2.06. The Hall–Kier alpha value is -3.37. The number of pyridine rings is 1. The second-order valence-corrected chi connectivity index (χ2v) is 9.40. The molecule has 0 saturated carbocycles. The monoisotopic (exact) mass is 476 g/mol. The molecule has 0 aliphatic rings. The molecule has 2 aromatic heterocycles. The van der Waals surface area contributed by atoms with Crippen molar-refractivity contribution in [2.24, 2.45) is 0 Å². The normalized spacial score (nSPS) is 11.9. The van der Waals surface area contributed by atoms with Crippen molar-refractivity contribution in [3.63, 3.8) is 0 Å². The molecule has 0 radical (unpaired) electrons. The number of nitrogens with zero attached hydrogens (tertiary/aromatic N) is 2. The van der Waals surface area contributed by atoms with Crippen LogP contribution in [-0.4, -0.2) is 35.8 Å². The number of sulfone groups is 1. The number of halogens is 3. The molecule has 0 saturated heterocycles. The second-order valence-electron chi connectivity index (χ2n) is 7.39. The van der Waals surface area contributed by atoms with Crippen LogP contribution < -0.4 is 4.74 Å². The Balaban J connectivity index is 1.82. The van der Waals surface area contributed by atoms with Crippen LogP contribution >= 0.6 is 0 Å². The zero-order chi connectivity index (χ0) is 23.8. The van der Waals surface area contributed by atoms with E-state index in [2.05, 4.69) is 9.72 Å². The molecule has 4 rings (SSSR count). The van der Waals surface area contributed by atoms with Gasteiger partial charge < -0.3 is 14.2 Å². The van der Waals surface area contributed by atoms with E-state index in [4.69, 9.17) is 0 Å². The van der Waals surface area contributed by atoms with E-state index in [0.29, 0.717) is 16.8 Å². The molecule has 4 aromatic rings. The average Bonchev–Trinajstić information content (AvgIpc) is 3.10. The highest BCUT2D eigenvalue weighted by molar-refractivity contribution is 7.90. The van der Waals surface area contributed by atoms with Gasteiger partial charge in [0.1, 0.15) is 17.2 Å². The van der Waals surface area contributed by atoms with E-state index >= 15 is 0 Å². The Morgan fingerprint density at radius 2 is 1.82 bits per heavy atom. The Morgan fingerprint density at radius 1 is 1.12 bits per heavy atom. The summed E-state index contributed by atoms with van der Waals surface area (Å²) < 4.78 is 70.1. The quantitative estimate of drug-likeness (QED) is 0.432. The van der Waals surface area contributed by atoms with Crippen LogP contribution in [0, 0.1) is 5.82 Å². The summed E-state index contributed by atoms with van der Waals surface area (Å²) in [7, 11) is -3.40. The molecule has 0 amide bonds. The van der Waals surface area contributed by atoms with Gasteiger partial charge in [0.15, 0.2) is 9.84 Å². The van der Waals surface area contributed by atoms with Crippen LogP contribution in [-0.2, 0) is 22.9 Å². The second kappa shape index (κ2) is 8.87. The van der Waals surface area contributed by atoms with Gasteiger partial charge in [0.05, 0.1) is 22.9 Å². The SMILES string of the molecule is CS(=O)(=O)c1ccc(-c2cn3c(Cc4ccccc4OC(F)F)c(CO)nc3cc2F)cc1. The van der Waals surface area contributed by atoms with Crippen LogP contribution in [0.4, 0.5) is 13.2 Å². The molecule has 0 bridgehead atoms. The number of ether oxygens (including phenoxy) is 1. The lowest BCUT2D eigenvalue weighted by molar-refractivity contribution is -0.0504. The number of hydrogen-bond acceptors (Lipinski definition) is 5. The van der Waals surface area contributed by atoms with E-state index in [1.165, 1.54) is 42.6 Å². The molecule has 2 heterocycles. The van der Waals surface area contributed by atoms with E-state index in [0.717, 1.165) is 6.26 Å². The molecule has 0 unspecified atom stereocenters. The number of aliphatic hydroxyl groups excluding tert-OH is 1. The number of rotatable bonds is 7. The summed E-state index contributed by atoms with van der Waals surface area (Å²) in [6, 6.07) is 13.2. The fraction of sp³-hybridized carbons (Fsp3) is 0.174. The van der Waals surface area contributed by atoms with Crippen molar-refractivity contribution in [3.8, 4) is 16.9 Å². The molecule has 0 fully saturated rings. The van der Waals surface area contributed by atoms with Crippen LogP contribution in [0.5, 0.6) is 5.75 Å². The number of aliphatic hydroxyl groups is 1. The maximum atomic E-state index is 14.9. The maximum absolute atomic E-state index is 14.9. The first-order chi connectivity index (χ1) is 15.7. The largest absolute Gasteiger partial charge is 0.435 e. The highest BCUT2D eigenvalue weighted by atomic mass is 32.2. The summed E-state index contributed by atoms with van der Waals surface area (Å²) in [6.45, 7) is -3.43. The summed E-state index contributed by atoms with van der Waals surface area (Å²) in [6.07, 6.45) is 2.66.